The van der Waals surface area contributed by atoms with E-state index < -0.39 is 24.1 Å². The van der Waals surface area contributed by atoms with Crippen LogP contribution in [-0.2, 0) is 16.0 Å². The second-order valence-electron chi connectivity index (χ2n) is 10.8. The Morgan fingerprint density at radius 3 is 2.51 bits per heavy atom. The van der Waals surface area contributed by atoms with Crippen molar-refractivity contribution in [2.45, 2.75) is 82.5 Å². The first kappa shape index (κ1) is 28.6. The minimum absolute atomic E-state index is 0.0112. The maximum atomic E-state index is 13.4. The highest BCUT2D eigenvalue weighted by atomic mass is 16.3. The van der Waals surface area contributed by atoms with E-state index >= 15 is 0 Å². The van der Waals surface area contributed by atoms with Crippen molar-refractivity contribution in [3.8, 4) is 0 Å². The summed E-state index contributed by atoms with van der Waals surface area (Å²) in [5.74, 6) is -0.461. The van der Waals surface area contributed by atoms with E-state index in [1.807, 2.05) is 30.3 Å². The third kappa shape index (κ3) is 8.03. The van der Waals surface area contributed by atoms with Crippen LogP contribution in [0.25, 0.3) is 0 Å². The standard InChI is InChI=1S/C30H41N5O4/c1-20(29(38)33-24-11-6-3-7-12-24)32-19-27(36)26(15-21-9-4-2-5-10-21)34-30(39)22-16-23(31)18-25(17-22)35-14-8-13-28(35)37/h2,4-5,9-10,16-18,20,24,26-27,32,36H,3,6-8,11-15,19,31H2,1H3,(H,33,38)(H,34,39)/t20-,26-,27+/m0/s1. The van der Waals surface area contributed by atoms with E-state index in [9.17, 15) is 19.5 Å². The van der Waals surface area contributed by atoms with Crippen LogP contribution in [0, 0.1) is 0 Å². The van der Waals surface area contributed by atoms with Crippen molar-refractivity contribution < 1.29 is 19.5 Å². The van der Waals surface area contributed by atoms with Gasteiger partial charge >= 0.3 is 0 Å². The van der Waals surface area contributed by atoms with Crippen LogP contribution in [0.5, 0.6) is 0 Å². The lowest BCUT2D eigenvalue weighted by atomic mass is 9.95. The summed E-state index contributed by atoms with van der Waals surface area (Å²) in [6.07, 6.45) is 6.18. The zero-order valence-corrected chi connectivity index (χ0v) is 22.7. The van der Waals surface area contributed by atoms with E-state index in [2.05, 4.69) is 16.0 Å². The average Bonchev–Trinajstić information content (AvgIpc) is 3.37. The number of rotatable bonds is 11. The Labute approximate surface area is 230 Å². The van der Waals surface area contributed by atoms with Gasteiger partial charge in [-0.05, 0) is 56.4 Å². The number of benzene rings is 2. The number of hydrogen-bond donors (Lipinski definition) is 5. The number of aliphatic hydroxyl groups is 1. The lowest BCUT2D eigenvalue weighted by Crippen LogP contribution is -2.53. The first-order valence-electron chi connectivity index (χ1n) is 14.1. The highest BCUT2D eigenvalue weighted by Gasteiger charge is 2.27. The molecular formula is C30H41N5O4. The molecule has 4 rings (SSSR count). The molecule has 0 spiro atoms. The van der Waals surface area contributed by atoms with Gasteiger partial charge in [0.2, 0.25) is 11.8 Å². The predicted molar refractivity (Wildman–Crippen MR) is 152 cm³/mol. The van der Waals surface area contributed by atoms with Gasteiger partial charge in [0.1, 0.15) is 0 Å². The van der Waals surface area contributed by atoms with Crippen LogP contribution >= 0.6 is 0 Å². The first-order chi connectivity index (χ1) is 18.8. The summed E-state index contributed by atoms with van der Waals surface area (Å²) in [6, 6.07) is 13.6. The monoisotopic (exact) mass is 535 g/mol. The van der Waals surface area contributed by atoms with Gasteiger partial charge in [-0.15, -0.1) is 0 Å². The number of nitrogens with two attached hydrogens (primary N) is 1. The van der Waals surface area contributed by atoms with Crippen LogP contribution in [0.3, 0.4) is 0 Å². The van der Waals surface area contributed by atoms with E-state index in [4.69, 9.17) is 5.73 Å². The molecule has 1 aliphatic heterocycles. The largest absolute Gasteiger partial charge is 0.399 e. The van der Waals surface area contributed by atoms with Crippen LogP contribution in [0.4, 0.5) is 11.4 Å². The Balaban J connectivity index is 1.42. The van der Waals surface area contributed by atoms with Crippen molar-refractivity contribution in [3.63, 3.8) is 0 Å². The normalized spacial score (nSPS) is 18.4. The van der Waals surface area contributed by atoms with Gasteiger partial charge in [-0.25, -0.2) is 0 Å². The number of amides is 3. The van der Waals surface area contributed by atoms with Crippen molar-refractivity contribution in [3.05, 3.63) is 59.7 Å². The second-order valence-corrected chi connectivity index (χ2v) is 10.8. The van der Waals surface area contributed by atoms with Gasteiger partial charge in [0, 0.05) is 42.5 Å². The number of anilines is 2. The molecule has 210 valence electrons. The molecule has 0 bridgehead atoms. The Hall–Kier alpha value is -3.43. The molecule has 2 aromatic carbocycles. The van der Waals surface area contributed by atoms with Crippen molar-refractivity contribution in [2.24, 2.45) is 0 Å². The number of aliphatic hydroxyl groups excluding tert-OH is 1. The number of hydrogen-bond acceptors (Lipinski definition) is 6. The van der Waals surface area contributed by atoms with E-state index in [-0.39, 0.29) is 24.4 Å². The maximum Gasteiger partial charge on any atom is 0.251 e. The Morgan fingerprint density at radius 1 is 1.08 bits per heavy atom. The molecule has 2 fully saturated rings. The minimum Gasteiger partial charge on any atom is -0.399 e. The van der Waals surface area contributed by atoms with Gasteiger partial charge in [-0.3, -0.25) is 14.4 Å². The van der Waals surface area contributed by atoms with Crippen LogP contribution in [-0.4, -0.2) is 60.1 Å². The highest BCUT2D eigenvalue weighted by molar-refractivity contribution is 6.00. The molecule has 1 aliphatic carbocycles. The van der Waals surface area contributed by atoms with Crippen LogP contribution in [0.15, 0.2) is 48.5 Å². The number of nitrogens with one attached hydrogen (secondary N) is 3. The molecule has 0 aromatic heterocycles. The summed E-state index contributed by atoms with van der Waals surface area (Å²) in [5, 5.41) is 20.4. The van der Waals surface area contributed by atoms with Gasteiger partial charge < -0.3 is 31.7 Å². The lowest BCUT2D eigenvalue weighted by molar-refractivity contribution is -0.123. The Morgan fingerprint density at radius 2 is 1.82 bits per heavy atom. The summed E-state index contributed by atoms with van der Waals surface area (Å²) in [6.45, 7) is 2.50. The topological polar surface area (TPSA) is 137 Å². The molecule has 1 saturated heterocycles. The predicted octanol–water partition coefficient (Wildman–Crippen LogP) is 2.52. The van der Waals surface area contributed by atoms with Crippen molar-refractivity contribution in [1.29, 1.82) is 0 Å². The third-order valence-corrected chi connectivity index (χ3v) is 7.64. The fourth-order valence-corrected chi connectivity index (χ4v) is 5.35. The SMILES string of the molecule is C[C@H](NC[C@@H](O)[C@H](Cc1ccccc1)NC(=O)c1cc(N)cc(N2CCCC2=O)c1)C(=O)NC1CCCCC1. The first-order valence-corrected chi connectivity index (χ1v) is 14.1. The molecular weight excluding hydrogens is 494 g/mol. The fraction of sp³-hybridized carbons (Fsp3) is 0.500. The number of nitrogens with zero attached hydrogens (tertiary/aromatic N) is 1. The molecule has 0 unspecified atom stereocenters. The molecule has 0 radical (unpaired) electrons. The molecule has 39 heavy (non-hydrogen) atoms. The number of carbonyl (C=O) groups excluding carboxylic acids is 3. The molecule has 3 amide bonds. The summed E-state index contributed by atoms with van der Waals surface area (Å²) < 4.78 is 0. The summed E-state index contributed by atoms with van der Waals surface area (Å²) in [7, 11) is 0. The fourth-order valence-electron chi connectivity index (χ4n) is 5.35. The van der Waals surface area contributed by atoms with E-state index in [1.165, 1.54) is 6.42 Å². The van der Waals surface area contributed by atoms with E-state index in [1.54, 1.807) is 30.0 Å². The lowest BCUT2D eigenvalue weighted by Gasteiger charge is -2.27. The number of carbonyl (C=O) groups is 3. The molecule has 9 nitrogen and oxygen atoms in total. The highest BCUT2D eigenvalue weighted by Crippen LogP contribution is 2.25. The number of nitrogen functional groups attached to an aromatic ring is 1. The van der Waals surface area contributed by atoms with Crippen LogP contribution in [0.1, 0.15) is 67.8 Å². The van der Waals surface area contributed by atoms with Gasteiger partial charge in [0.25, 0.3) is 5.91 Å². The summed E-state index contributed by atoms with van der Waals surface area (Å²) in [5.41, 5.74) is 8.35. The summed E-state index contributed by atoms with van der Waals surface area (Å²) in [4.78, 5) is 39.9. The van der Waals surface area contributed by atoms with E-state index in [0.29, 0.717) is 36.3 Å². The zero-order valence-electron chi connectivity index (χ0n) is 22.7. The van der Waals surface area contributed by atoms with Gasteiger partial charge in [0.15, 0.2) is 0 Å². The van der Waals surface area contributed by atoms with Gasteiger partial charge in [0.05, 0.1) is 18.2 Å². The molecule has 9 heteroatoms. The molecule has 2 aliphatic rings. The maximum absolute atomic E-state index is 13.4. The molecule has 2 aromatic rings. The zero-order chi connectivity index (χ0) is 27.8. The van der Waals surface area contributed by atoms with Crippen molar-refractivity contribution in [1.82, 2.24) is 16.0 Å². The van der Waals surface area contributed by atoms with Crippen LogP contribution in [0.2, 0.25) is 0 Å². The van der Waals surface area contributed by atoms with Crippen LogP contribution < -0.4 is 26.6 Å². The van der Waals surface area contributed by atoms with E-state index in [0.717, 1.165) is 37.7 Å². The molecule has 6 N–H and O–H groups in total. The van der Waals surface area contributed by atoms with Crippen molar-refractivity contribution in [2.75, 3.05) is 23.7 Å². The van der Waals surface area contributed by atoms with Gasteiger partial charge in [-0.2, -0.15) is 0 Å². The third-order valence-electron chi connectivity index (χ3n) is 7.64. The Kier molecular flexibility index (Phi) is 9.95. The second kappa shape index (κ2) is 13.6. The van der Waals surface area contributed by atoms with Crippen molar-refractivity contribution >= 4 is 29.1 Å². The quantitative estimate of drug-likeness (QED) is 0.281. The molecule has 3 atom stereocenters. The summed E-state index contributed by atoms with van der Waals surface area (Å²) >= 11 is 0. The molecule has 1 heterocycles. The smallest absolute Gasteiger partial charge is 0.251 e. The van der Waals surface area contributed by atoms with Gasteiger partial charge in [-0.1, -0.05) is 49.6 Å². The Bertz CT molecular complexity index is 1140. The molecule has 1 saturated carbocycles. The minimum atomic E-state index is -0.959. The average molecular weight is 536 g/mol.